The minimum absolute atomic E-state index is 0.0834. The van der Waals surface area contributed by atoms with Gasteiger partial charge in [-0.05, 0) is 53.9 Å². The van der Waals surface area contributed by atoms with Crippen molar-refractivity contribution in [3.63, 3.8) is 0 Å². The largest absolute Gasteiger partial charge is 0.507 e. The predicted molar refractivity (Wildman–Crippen MR) is 99.3 cm³/mol. The van der Waals surface area contributed by atoms with Crippen LogP contribution in [0.25, 0.3) is 0 Å². The highest BCUT2D eigenvalue weighted by Crippen LogP contribution is 2.42. The van der Waals surface area contributed by atoms with E-state index in [1.165, 1.54) is 0 Å². The Morgan fingerprint density at radius 1 is 1.32 bits per heavy atom. The molecule has 1 atom stereocenters. The zero-order chi connectivity index (χ0) is 18.6. The van der Waals surface area contributed by atoms with Crippen molar-refractivity contribution < 1.29 is 24.1 Å². The van der Waals surface area contributed by atoms with Crippen LogP contribution in [0.15, 0.2) is 40.1 Å². The lowest BCUT2D eigenvalue weighted by Crippen LogP contribution is -2.35. The van der Waals surface area contributed by atoms with Crippen LogP contribution in [0.4, 0.5) is 0 Å². The van der Waals surface area contributed by atoms with Crippen molar-refractivity contribution in [3.05, 3.63) is 45.7 Å². The number of rotatable bonds is 7. The molecular formula is C19H23BrO5. The first-order valence-corrected chi connectivity index (χ1v) is 8.96. The summed E-state index contributed by atoms with van der Waals surface area (Å²) in [5, 5.41) is 10.5. The van der Waals surface area contributed by atoms with Gasteiger partial charge in [0.25, 0.3) is 0 Å². The maximum Gasteiger partial charge on any atom is 0.310 e. The van der Waals surface area contributed by atoms with Gasteiger partial charge in [-0.15, -0.1) is 0 Å². The normalized spacial score (nSPS) is 19.6. The lowest BCUT2D eigenvalue weighted by molar-refractivity contribution is -0.142. The fraction of sp³-hybridized carbons (Fsp3) is 0.421. The molecule has 0 aromatic heterocycles. The van der Waals surface area contributed by atoms with Crippen LogP contribution in [-0.2, 0) is 16.0 Å². The molecule has 0 amide bonds. The summed E-state index contributed by atoms with van der Waals surface area (Å²) in [6.07, 6.45) is 2.66. The van der Waals surface area contributed by atoms with Crippen molar-refractivity contribution in [1.29, 1.82) is 0 Å². The second kappa shape index (κ2) is 7.95. The van der Waals surface area contributed by atoms with Gasteiger partial charge >= 0.3 is 5.97 Å². The Bertz CT molecular complexity index is 723. The zero-order valence-corrected chi connectivity index (χ0v) is 16.5. The number of halogens is 1. The highest BCUT2D eigenvalue weighted by atomic mass is 79.9. The molecule has 1 aliphatic carbocycles. The lowest BCUT2D eigenvalue weighted by Gasteiger charge is -2.30. The third kappa shape index (κ3) is 4.00. The number of esters is 1. The van der Waals surface area contributed by atoms with Crippen LogP contribution < -0.4 is 9.47 Å². The summed E-state index contributed by atoms with van der Waals surface area (Å²) in [7, 11) is 1.56. The van der Waals surface area contributed by atoms with Gasteiger partial charge in [0.1, 0.15) is 11.5 Å². The van der Waals surface area contributed by atoms with Crippen LogP contribution in [0.3, 0.4) is 0 Å². The van der Waals surface area contributed by atoms with Crippen molar-refractivity contribution in [2.45, 2.75) is 39.2 Å². The molecule has 0 saturated heterocycles. The molecule has 0 heterocycles. The van der Waals surface area contributed by atoms with E-state index in [2.05, 4.69) is 15.9 Å². The van der Waals surface area contributed by atoms with E-state index >= 15 is 0 Å². The monoisotopic (exact) mass is 410 g/mol. The molecule has 6 heteroatoms. The number of hydrogen-bond acceptors (Lipinski definition) is 5. The molecule has 1 aromatic rings. The minimum Gasteiger partial charge on any atom is -0.507 e. The van der Waals surface area contributed by atoms with Crippen LogP contribution in [0.1, 0.15) is 32.8 Å². The van der Waals surface area contributed by atoms with Crippen molar-refractivity contribution in [2.75, 3.05) is 13.7 Å². The first-order valence-electron chi connectivity index (χ1n) is 8.17. The Morgan fingerprint density at radius 2 is 2.04 bits per heavy atom. The Labute approximate surface area is 156 Å². The van der Waals surface area contributed by atoms with E-state index < -0.39 is 5.60 Å². The van der Waals surface area contributed by atoms with Crippen LogP contribution >= 0.6 is 15.9 Å². The summed E-state index contributed by atoms with van der Waals surface area (Å²) in [5.41, 5.74) is 0.608. The number of carbonyl (C=O) groups is 1. The van der Waals surface area contributed by atoms with Crippen molar-refractivity contribution in [1.82, 2.24) is 0 Å². The second-order valence-corrected chi connectivity index (χ2v) is 6.66. The van der Waals surface area contributed by atoms with Crippen LogP contribution in [0.2, 0.25) is 0 Å². The third-order valence-electron chi connectivity index (χ3n) is 4.20. The summed E-state index contributed by atoms with van der Waals surface area (Å²) in [6, 6.07) is 5.25. The lowest BCUT2D eigenvalue weighted by atomic mass is 9.95. The van der Waals surface area contributed by atoms with Gasteiger partial charge in [0.05, 0.1) is 24.6 Å². The highest BCUT2D eigenvalue weighted by Gasteiger charge is 2.41. The molecule has 0 radical (unpaired) electrons. The minimum atomic E-state index is -0.997. The number of carbonyl (C=O) groups excluding carboxylic acids is 1. The van der Waals surface area contributed by atoms with Crippen LogP contribution in [0.5, 0.6) is 11.5 Å². The molecule has 0 bridgehead atoms. The molecule has 0 spiro atoms. The number of allylic oxidation sites excluding steroid dienone is 2. The molecule has 1 aromatic carbocycles. The fourth-order valence-electron chi connectivity index (χ4n) is 2.78. The molecule has 0 fully saturated rings. The Balaban J connectivity index is 2.40. The van der Waals surface area contributed by atoms with Crippen molar-refractivity contribution >= 4 is 21.9 Å². The SMILES string of the molecule is CCOC(=O)Cc1ccc(OC)cc1OC1(C)C(CC)=CC(Br)=C1O. The topological polar surface area (TPSA) is 65.0 Å². The van der Waals surface area contributed by atoms with E-state index in [0.717, 1.165) is 5.57 Å². The summed E-state index contributed by atoms with van der Waals surface area (Å²) in [4.78, 5) is 11.9. The van der Waals surface area contributed by atoms with Crippen LogP contribution in [-0.4, -0.2) is 30.4 Å². The van der Waals surface area contributed by atoms with E-state index in [1.54, 1.807) is 39.2 Å². The maximum atomic E-state index is 11.9. The van der Waals surface area contributed by atoms with Gasteiger partial charge in [-0.25, -0.2) is 0 Å². The molecule has 25 heavy (non-hydrogen) atoms. The molecule has 0 aliphatic heterocycles. The molecule has 1 unspecified atom stereocenters. The van der Waals surface area contributed by atoms with Crippen molar-refractivity contribution in [2.24, 2.45) is 0 Å². The van der Waals surface area contributed by atoms with Gasteiger partial charge in [-0.2, -0.15) is 0 Å². The summed E-state index contributed by atoms with van der Waals surface area (Å²) in [6.45, 7) is 5.89. The van der Waals surface area contributed by atoms with E-state index in [0.29, 0.717) is 34.6 Å². The van der Waals surface area contributed by atoms with Crippen molar-refractivity contribution in [3.8, 4) is 11.5 Å². The van der Waals surface area contributed by atoms with Gasteiger partial charge in [-0.3, -0.25) is 4.79 Å². The summed E-state index contributed by atoms with van der Waals surface area (Å²) >= 11 is 3.36. The number of aliphatic hydroxyl groups excluding tert-OH is 1. The van der Waals surface area contributed by atoms with E-state index in [9.17, 15) is 9.90 Å². The molecule has 1 aliphatic rings. The average Bonchev–Trinajstić information content (AvgIpc) is 2.80. The van der Waals surface area contributed by atoms with E-state index in [1.807, 2.05) is 13.0 Å². The Kier molecular flexibility index (Phi) is 6.16. The van der Waals surface area contributed by atoms with Gasteiger partial charge in [0.15, 0.2) is 11.4 Å². The third-order valence-corrected chi connectivity index (χ3v) is 4.81. The second-order valence-electron chi connectivity index (χ2n) is 5.81. The predicted octanol–water partition coefficient (Wildman–Crippen LogP) is 4.45. The summed E-state index contributed by atoms with van der Waals surface area (Å²) < 4.78 is 17.1. The van der Waals surface area contributed by atoms with E-state index in [4.69, 9.17) is 14.2 Å². The number of benzene rings is 1. The number of methoxy groups -OCH3 is 1. The molecule has 136 valence electrons. The van der Waals surface area contributed by atoms with Gasteiger partial charge in [0.2, 0.25) is 0 Å². The first kappa shape index (κ1) is 19.4. The van der Waals surface area contributed by atoms with Gasteiger partial charge < -0.3 is 19.3 Å². The van der Waals surface area contributed by atoms with E-state index in [-0.39, 0.29) is 18.1 Å². The highest BCUT2D eigenvalue weighted by molar-refractivity contribution is 9.11. The number of aliphatic hydroxyl groups is 1. The maximum absolute atomic E-state index is 11.9. The molecule has 0 saturated carbocycles. The van der Waals surface area contributed by atoms with Crippen LogP contribution in [0, 0.1) is 0 Å². The smallest absolute Gasteiger partial charge is 0.310 e. The standard InChI is InChI=1S/C19H23BrO5/c1-5-13-10-15(20)18(22)19(13,3)25-16-11-14(23-4)8-7-12(16)9-17(21)24-6-2/h7-8,10-11,22H,5-6,9H2,1-4H3. The average molecular weight is 411 g/mol. The molecular weight excluding hydrogens is 388 g/mol. The van der Waals surface area contributed by atoms with Gasteiger partial charge in [0, 0.05) is 11.6 Å². The fourth-order valence-corrected chi connectivity index (χ4v) is 3.44. The molecule has 2 rings (SSSR count). The van der Waals surface area contributed by atoms with Gasteiger partial charge in [-0.1, -0.05) is 13.0 Å². The molecule has 5 nitrogen and oxygen atoms in total. The number of ether oxygens (including phenoxy) is 3. The quantitative estimate of drug-likeness (QED) is 0.672. The Hall–Kier alpha value is -1.95. The first-order chi connectivity index (χ1) is 11.8. The summed E-state index contributed by atoms with van der Waals surface area (Å²) in [5.74, 6) is 0.854. The Morgan fingerprint density at radius 3 is 2.64 bits per heavy atom. The molecule has 1 N–H and O–H groups in total. The number of hydrogen-bond donors (Lipinski definition) is 1. The zero-order valence-electron chi connectivity index (χ0n) is 14.9.